The standard InChI is InChI=1S/C13H19NO2S/c1-8(2)12-7-14-13-10(4)9(3)5-6-11(13)17(12,15)16/h5-6,8,12,14H,7H2,1-4H3. The van der Waals surface area contributed by atoms with Gasteiger partial charge in [0.05, 0.1) is 15.8 Å². The largest absolute Gasteiger partial charge is 0.382 e. The fourth-order valence-corrected chi connectivity index (χ4v) is 4.43. The summed E-state index contributed by atoms with van der Waals surface area (Å²) in [6, 6.07) is 3.62. The van der Waals surface area contributed by atoms with E-state index >= 15 is 0 Å². The molecule has 1 aromatic rings. The van der Waals surface area contributed by atoms with Crippen LogP contribution in [0.4, 0.5) is 5.69 Å². The zero-order chi connectivity index (χ0) is 12.8. The van der Waals surface area contributed by atoms with E-state index in [9.17, 15) is 8.42 Å². The van der Waals surface area contributed by atoms with E-state index in [2.05, 4.69) is 5.32 Å². The fourth-order valence-electron chi connectivity index (χ4n) is 2.32. The molecule has 1 unspecified atom stereocenters. The Bertz CT molecular complexity index is 547. The lowest BCUT2D eigenvalue weighted by molar-refractivity contribution is 0.533. The maximum absolute atomic E-state index is 12.5. The van der Waals surface area contributed by atoms with E-state index in [1.165, 1.54) is 0 Å². The lowest BCUT2D eigenvalue weighted by atomic mass is 10.1. The van der Waals surface area contributed by atoms with Gasteiger partial charge in [-0.25, -0.2) is 8.42 Å². The number of sulfone groups is 1. The molecule has 1 heterocycles. The maximum Gasteiger partial charge on any atom is 0.185 e. The van der Waals surface area contributed by atoms with Crippen LogP contribution in [0.2, 0.25) is 0 Å². The summed E-state index contributed by atoms with van der Waals surface area (Å²) < 4.78 is 24.9. The van der Waals surface area contributed by atoms with E-state index in [1.807, 2.05) is 33.8 Å². The average Bonchev–Trinajstić information content (AvgIpc) is 2.22. The number of nitrogens with one attached hydrogen (secondary N) is 1. The molecule has 0 spiro atoms. The van der Waals surface area contributed by atoms with Gasteiger partial charge in [-0.05, 0) is 37.0 Å². The summed E-state index contributed by atoms with van der Waals surface area (Å²) in [7, 11) is -3.18. The summed E-state index contributed by atoms with van der Waals surface area (Å²) in [5.74, 6) is 0.127. The Morgan fingerprint density at radius 2 is 1.94 bits per heavy atom. The molecule has 0 saturated carbocycles. The van der Waals surface area contributed by atoms with Gasteiger partial charge < -0.3 is 5.32 Å². The Hall–Kier alpha value is -1.03. The van der Waals surface area contributed by atoms with Crippen LogP contribution in [0.1, 0.15) is 25.0 Å². The van der Waals surface area contributed by atoms with Crippen molar-refractivity contribution in [2.24, 2.45) is 5.92 Å². The highest BCUT2D eigenvalue weighted by Gasteiger charge is 2.36. The van der Waals surface area contributed by atoms with Crippen molar-refractivity contribution < 1.29 is 8.42 Å². The van der Waals surface area contributed by atoms with Gasteiger partial charge in [0.15, 0.2) is 9.84 Å². The van der Waals surface area contributed by atoms with E-state index in [0.29, 0.717) is 11.4 Å². The minimum absolute atomic E-state index is 0.127. The molecule has 1 aliphatic rings. The molecule has 0 aliphatic carbocycles. The predicted molar refractivity (Wildman–Crippen MR) is 70.2 cm³/mol. The number of benzene rings is 1. The van der Waals surface area contributed by atoms with Crippen molar-refractivity contribution in [2.75, 3.05) is 11.9 Å². The van der Waals surface area contributed by atoms with E-state index in [0.717, 1.165) is 16.8 Å². The van der Waals surface area contributed by atoms with Gasteiger partial charge in [-0.2, -0.15) is 0 Å². The van der Waals surface area contributed by atoms with Crippen molar-refractivity contribution in [1.82, 2.24) is 0 Å². The fraction of sp³-hybridized carbons (Fsp3) is 0.538. The lowest BCUT2D eigenvalue weighted by Gasteiger charge is -2.30. The normalized spacial score (nSPS) is 22.1. The van der Waals surface area contributed by atoms with E-state index in [1.54, 1.807) is 6.07 Å². The summed E-state index contributed by atoms with van der Waals surface area (Å²) in [4.78, 5) is 0.463. The van der Waals surface area contributed by atoms with Crippen LogP contribution < -0.4 is 5.32 Å². The first-order valence-electron chi connectivity index (χ1n) is 5.93. The van der Waals surface area contributed by atoms with Crippen LogP contribution in [-0.4, -0.2) is 20.2 Å². The first-order chi connectivity index (χ1) is 7.85. The van der Waals surface area contributed by atoms with Crippen LogP contribution in [-0.2, 0) is 9.84 Å². The highest BCUT2D eigenvalue weighted by Crippen LogP contribution is 2.35. The van der Waals surface area contributed by atoms with Crippen molar-refractivity contribution in [2.45, 2.75) is 37.8 Å². The number of rotatable bonds is 1. The van der Waals surface area contributed by atoms with Gasteiger partial charge in [-0.1, -0.05) is 19.9 Å². The second-order valence-electron chi connectivity index (χ2n) is 5.09. The van der Waals surface area contributed by atoms with Crippen molar-refractivity contribution in [3.63, 3.8) is 0 Å². The number of fused-ring (bicyclic) bond motifs is 1. The van der Waals surface area contributed by atoms with Gasteiger partial charge in [0.2, 0.25) is 0 Å². The number of anilines is 1. The van der Waals surface area contributed by atoms with Gasteiger partial charge in [0, 0.05) is 6.54 Å². The first kappa shape index (κ1) is 12.4. The SMILES string of the molecule is Cc1ccc2c(c1C)NCC(C(C)C)S2(=O)=O. The van der Waals surface area contributed by atoms with Gasteiger partial charge in [-0.3, -0.25) is 0 Å². The van der Waals surface area contributed by atoms with Gasteiger partial charge >= 0.3 is 0 Å². The summed E-state index contributed by atoms with van der Waals surface area (Å²) >= 11 is 0. The van der Waals surface area contributed by atoms with Crippen LogP contribution >= 0.6 is 0 Å². The lowest BCUT2D eigenvalue weighted by Crippen LogP contribution is -2.38. The number of aryl methyl sites for hydroxylation is 1. The molecular weight excluding hydrogens is 234 g/mol. The molecule has 1 N–H and O–H groups in total. The van der Waals surface area contributed by atoms with Crippen molar-refractivity contribution in [1.29, 1.82) is 0 Å². The molecule has 0 radical (unpaired) electrons. The van der Waals surface area contributed by atoms with Crippen LogP contribution in [0.15, 0.2) is 17.0 Å². The molecule has 3 nitrogen and oxygen atoms in total. The van der Waals surface area contributed by atoms with Crippen LogP contribution in [0, 0.1) is 19.8 Å². The Morgan fingerprint density at radius 1 is 1.29 bits per heavy atom. The third-order valence-electron chi connectivity index (χ3n) is 3.63. The maximum atomic E-state index is 12.5. The van der Waals surface area contributed by atoms with E-state index < -0.39 is 9.84 Å². The molecule has 0 amide bonds. The minimum atomic E-state index is -3.18. The molecule has 0 bridgehead atoms. The van der Waals surface area contributed by atoms with E-state index in [-0.39, 0.29) is 11.2 Å². The van der Waals surface area contributed by atoms with Gasteiger partial charge in [0.25, 0.3) is 0 Å². The molecule has 94 valence electrons. The average molecular weight is 253 g/mol. The zero-order valence-electron chi connectivity index (χ0n) is 10.7. The third kappa shape index (κ3) is 1.84. The molecule has 2 rings (SSSR count). The van der Waals surface area contributed by atoms with Crippen molar-refractivity contribution >= 4 is 15.5 Å². The summed E-state index contributed by atoms with van der Waals surface area (Å²) in [5, 5.41) is 2.96. The summed E-state index contributed by atoms with van der Waals surface area (Å²) in [5.41, 5.74) is 2.95. The molecule has 1 aliphatic heterocycles. The molecule has 4 heteroatoms. The molecular formula is C13H19NO2S. The van der Waals surface area contributed by atoms with Gasteiger partial charge in [0.1, 0.15) is 0 Å². The van der Waals surface area contributed by atoms with Crippen molar-refractivity contribution in [3.05, 3.63) is 23.3 Å². The Kier molecular flexibility index (Phi) is 2.94. The van der Waals surface area contributed by atoms with Gasteiger partial charge in [-0.15, -0.1) is 0 Å². The van der Waals surface area contributed by atoms with Crippen LogP contribution in [0.5, 0.6) is 0 Å². The molecule has 0 saturated heterocycles. The summed E-state index contributed by atoms with van der Waals surface area (Å²) in [6.45, 7) is 8.38. The minimum Gasteiger partial charge on any atom is -0.382 e. The molecule has 1 aromatic carbocycles. The predicted octanol–water partition coefficient (Wildman–Crippen LogP) is 2.53. The molecule has 0 fully saturated rings. The second kappa shape index (κ2) is 4.02. The quantitative estimate of drug-likeness (QED) is 0.836. The van der Waals surface area contributed by atoms with Crippen LogP contribution in [0.3, 0.4) is 0 Å². The number of hydrogen-bond donors (Lipinski definition) is 1. The van der Waals surface area contributed by atoms with Crippen LogP contribution in [0.25, 0.3) is 0 Å². The zero-order valence-corrected chi connectivity index (χ0v) is 11.6. The molecule has 1 atom stereocenters. The summed E-state index contributed by atoms with van der Waals surface area (Å²) in [6.07, 6.45) is 0. The number of hydrogen-bond acceptors (Lipinski definition) is 3. The Labute approximate surface area is 103 Å². The first-order valence-corrected chi connectivity index (χ1v) is 7.48. The topological polar surface area (TPSA) is 46.2 Å². The Balaban J connectivity index is 2.63. The monoisotopic (exact) mass is 253 g/mol. The Morgan fingerprint density at radius 3 is 2.53 bits per heavy atom. The molecule has 17 heavy (non-hydrogen) atoms. The highest BCUT2D eigenvalue weighted by molar-refractivity contribution is 7.92. The molecule has 0 aromatic heterocycles. The third-order valence-corrected chi connectivity index (χ3v) is 6.09. The second-order valence-corrected chi connectivity index (χ2v) is 7.22. The van der Waals surface area contributed by atoms with Crippen molar-refractivity contribution in [3.8, 4) is 0 Å². The highest BCUT2D eigenvalue weighted by atomic mass is 32.2. The smallest absolute Gasteiger partial charge is 0.185 e. The van der Waals surface area contributed by atoms with E-state index in [4.69, 9.17) is 0 Å².